The fourth-order valence-electron chi connectivity index (χ4n) is 4.32. The Morgan fingerprint density at radius 1 is 0.769 bits per heavy atom. The first-order chi connectivity index (χ1) is 12.8. The van der Waals surface area contributed by atoms with Gasteiger partial charge in [0.25, 0.3) is 0 Å². The largest absolute Gasteiger partial charge is 0.367 e. The summed E-state index contributed by atoms with van der Waals surface area (Å²) in [6, 6.07) is 18.6. The van der Waals surface area contributed by atoms with Crippen molar-refractivity contribution in [2.45, 2.75) is 25.4 Å². The normalized spacial score (nSPS) is 20.4. The van der Waals surface area contributed by atoms with Crippen molar-refractivity contribution in [2.75, 3.05) is 44.2 Å². The van der Waals surface area contributed by atoms with Crippen LogP contribution >= 0.6 is 0 Å². The van der Waals surface area contributed by atoms with E-state index < -0.39 is 0 Å². The highest BCUT2D eigenvalue weighted by Gasteiger charge is 2.28. The summed E-state index contributed by atoms with van der Waals surface area (Å²) in [5, 5.41) is 0. The Balaban J connectivity index is 1.25. The van der Waals surface area contributed by atoms with Crippen molar-refractivity contribution in [3.63, 3.8) is 0 Å². The summed E-state index contributed by atoms with van der Waals surface area (Å²) in [5.41, 5.74) is 2.16. The van der Waals surface area contributed by atoms with Gasteiger partial charge in [-0.25, -0.2) is 4.39 Å². The van der Waals surface area contributed by atoms with E-state index in [1.807, 2.05) is 12.1 Å². The van der Waals surface area contributed by atoms with Gasteiger partial charge in [-0.15, -0.1) is 0 Å². The third kappa shape index (κ3) is 4.08. The first-order valence-corrected chi connectivity index (χ1v) is 9.79. The third-order valence-electron chi connectivity index (χ3n) is 5.83. The quantitative estimate of drug-likeness (QED) is 0.831. The van der Waals surface area contributed by atoms with E-state index in [0.29, 0.717) is 6.04 Å². The molecule has 4 rings (SSSR count). The minimum absolute atomic E-state index is 0.102. The topological polar surface area (TPSA) is 9.72 Å². The molecule has 0 radical (unpaired) electrons. The van der Waals surface area contributed by atoms with E-state index in [9.17, 15) is 4.39 Å². The second kappa shape index (κ2) is 8.19. The smallest absolute Gasteiger partial charge is 0.146 e. The lowest BCUT2D eigenvalue weighted by molar-refractivity contribution is 0.0997. The van der Waals surface area contributed by atoms with Crippen molar-refractivity contribution in [1.82, 2.24) is 9.80 Å². The Morgan fingerprint density at radius 2 is 1.42 bits per heavy atom. The van der Waals surface area contributed by atoms with Crippen molar-refractivity contribution < 1.29 is 4.39 Å². The summed E-state index contributed by atoms with van der Waals surface area (Å²) in [6.45, 7) is 7.33. The Hall–Kier alpha value is -1.91. The van der Waals surface area contributed by atoms with Gasteiger partial charge in [-0.2, -0.15) is 0 Å². The van der Waals surface area contributed by atoms with Crippen molar-refractivity contribution in [3.05, 3.63) is 66.0 Å². The molecular weight excluding hydrogens is 325 g/mol. The van der Waals surface area contributed by atoms with Crippen LogP contribution in [0.4, 0.5) is 10.1 Å². The molecule has 0 bridgehead atoms. The molecule has 138 valence electrons. The van der Waals surface area contributed by atoms with E-state index in [0.717, 1.165) is 38.4 Å². The standard InChI is InChI=1S/C22H28FN3/c23-21-8-4-5-9-22(21)26-16-14-25(15-17-26)20-10-12-24(13-11-20)18-19-6-2-1-3-7-19/h1-9,20H,10-18H2. The van der Waals surface area contributed by atoms with Gasteiger partial charge in [0.15, 0.2) is 0 Å². The zero-order chi connectivity index (χ0) is 17.8. The molecular formula is C22H28FN3. The van der Waals surface area contributed by atoms with Crippen molar-refractivity contribution in [2.24, 2.45) is 0 Å². The molecule has 2 saturated heterocycles. The predicted molar refractivity (Wildman–Crippen MR) is 105 cm³/mol. The van der Waals surface area contributed by atoms with Gasteiger partial charge in [-0.3, -0.25) is 9.80 Å². The summed E-state index contributed by atoms with van der Waals surface area (Å²) in [5.74, 6) is -0.102. The monoisotopic (exact) mass is 353 g/mol. The number of halogens is 1. The number of likely N-dealkylation sites (tertiary alicyclic amines) is 1. The minimum Gasteiger partial charge on any atom is -0.367 e. The number of anilines is 1. The molecule has 0 saturated carbocycles. The van der Waals surface area contributed by atoms with Gasteiger partial charge >= 0.3 is 0 Å². The fraction of sp³-hybridized carbons (Fsp3) is 0.455. The van der Waals surface area contributed by atoms with Gasteiger partial charge in [-0.05, 0) is 43.6 Å². The van der Waals surface area contributed by atoms with Crippen LogP contribution in [0.3, 0.4) is 0 Å². The highest BCUT2D eigenvalue weighted by molar-refractivity contribution is 5.48. The summed E-state index contributed by atoms with van der Waals surface area (Å²) >= 11 is 0. The Morgan fingerprint density at radius 3 is 2.12 bits per heavy atom. The van der Waals surface area contributed by atoms with Crippen LogP contribution in [0.2, 0.25) is 0 Å². The molecule has 0 atom stereocenters. The van der Waals surface area contributed by atoms with Crippen molar-refractivity contribution >= 4 is 5.69 Å². The van der Waals surface area contributed by atoms with Gasteiger partial charge in [0.05, 0.1) is 5.69 Å². The highest BCUT2D eigenvalue weighted by atomic mass is 19.1. The first kappa shape index (κ1) is 17.5. The summed E-state index contributed by atoms with van der Waals surface area (Å²) in [4.78, 5) is 7.38. The average molecular weight is 353 g/mol. The predicted octanol–water partition coefficient (Wildman–Crippen LogP) is 3.61. The zero-order valence-corrected chi connectivity index (χ0v) is 15.4. The lowest BCUT2D eigenvalue weighted by Gasteiger charge is -2.43. The van der Waals surface area contributed by atoms with Gasteiger partial charge in [0.2, 0.25) is 0 Å². The second-order valence-electron chi connectivity index (χ2n) is 7.47. The molecule has 2 heterocycles. The molecule has 0 unspecified atom stereocenters. The third-order valence-corrected chi connectivity index (χ3v) is 5.83. The maximum absolute atomic E-state index is 14.0. The number of piperazine rings is 1. The Bertz CT molecular complexity index is 690. The van der Waals surface area contributed by atoms with Gasteiger partial charge in [0.1, 0.15) is 5.82 Å². The van der Waals surface area contributed by atoms with E-state index in [-0.39, 0.29) is 5.82 Å². The molecule has 0 spiro atoms. The SMILES string of the molecule is Fc1ccccc1N1CCN(C2CCN(Cc3ccccc3)CC2)CC1. The molecule has 0 amide bonds. The van der Waals surface area contributed by atoms with Crippen LogP contribution in [0, 0.1) is 5.82 Å². The Kier molecular flexibility index (Phi) is 5.51. The van der Waals surface area contributed by atoms with Crippen LogP contribution in [0.1, 0.15) is 18.4 Å². The van der Waals surface area contributed by atoms with E-state index in [1.54, 1.807) is 12.1 Å². The van der Waals surface area contributed by atoms with Crippen LogP contribution in [0.5, 0.6) is 0 Å². The first-order valence-electron chi connectivity index (χ1n) is 9.79. The summed E-state index contributed by atoms with van der Waals surface area (Å²) in [6.07, 6.45) is 2.49. The molecule has 2 aliphatic rings. The van der Waals surface area contributed by atoms with E-state index >= 15 is 0 Å². The molecule has 26 heavy (non-hydrogen) atoms. The van der Waals surface area contributed by atoms with Crippen LogP contribution in [0.25, 0.3) is 0 Å². The lowest BCUT2D eigenvalue weighted by atomic mass is 10.0. The maximum atomic E-state index is 14.0. The molecule has 0 N–H and O–H groups in total. The molecule has 4 heteroatoms. The number of hydrogen-bond donors (Lipinski definition) is 0. The summed E-state index contributed by atoms with van der Waals surface area (Å²) in [7, 11) is 0. The number of piperidine rings is 1. The maximum Gasteiger partial charge on any atom is 0.146 e. The summed E-state index contributed by atoms with van der Waals surface area (Å²) < 4.78 is 14.0. The van der Waals surface area contributed by atoms with Gasteiger partial charge in [-0.1, -0.05) is 42.5 Å². The Labute approximate surface area is 156 Å². The number of hydrogen-bond acceptors (Lipinski definition) is 3. The highest BCUT2D eigenvalue weighted by Crippen LogP contribution is 2.23. The van der Waals surface area contributed by atoms with Gasteiger partial charge in [0, 0.05) is 38.8 Å². The number of nitrogens with zero attached hydrogens (tertiary/aromatic N) is 3. The average Bonchev–Trinajstić information content (AvgIpc) is 2.70. The van der Waals surface area contributed by atoms with Gasteiger partial charge < -0.3 is 4.90 Å². The second-order valence-corrected chi connectivity index (χ2v) is 7.47. The molecule has 0 aromatic heterocycles. The van der Waals surface area contributed by atoms with Crippen molar-refractivity contribution in [3.8, 4) is 0 Å². The minimum atomic E-state index is -0.102. The lowest BCUT2D eigenvalue weighted by Crippen LogP contribution is -2.53. The van der Waals surface area contributed by atoms with Crippen LogP contribution < -0.4 is 4.90 Å². The fourth-order valence-corrected chi connectivity index (χ4v) is 4.32. The molecule has 2 aliphatic heterocycles. The zero-order valence-electron chi connectivity index (χ0n) is 15.4. The van der Waals surface area contributed by atoms with E-state index in [4.69, 9.17) is 0 Å². The number of benzene rings is 2. The molecule has 2 fully saturated rings. The van der Waals surface area contributed by atoms with Crippen LogP contribution in [-0.2, 0) is 6.54 Å². The number of para-hydroxylation sites is 1. The van der Waals surface area contributed by atoms with E-state index in [1.165, 1.54) is 31.5 Å². The van der Waals surface area contributed by atoms with Crippen LogP contribution in [0.15, 0.2) is 54.6 Å². The molecule has 2 aromatic rings. The molecule has 2 aromatic carbocycles. The molecule has 0 aliphatic carbocycles. The number of rotatable bonds is 4. The van der Waals surface area contributed by atoms with Crippen molar-refractivity contribution in [1.29, 1.82) is 0 Å². The molecule has 3 nitrogen and oxygen atoms in total. The van der Waals surface area contributed by atoms with E-state index in [2.05, 4.69) is 45.0 Å². The van der Waals surface area contributed by atoms with Crippen LogP contribution in [-0.4, -0.2) is 55.1 Å².